The van der Waals surface area contributed by atoms with E-state index in [4.69, 9.17) is 0 Å². The molecule has 1 aliphatic heterocycles. The summed E-state index contributed by atoms with van der Waals surface area (Å²) < 4.78 is 0. The highest BCUT2D eigenvalue weighted by Gasteiger charge is 2.43. The van der Waals surface area contributed by atoms with Crippen LogP contribution in [0.4, 0.5) is 0 Å². The van der Waals surface area contributed by atoms with Crippen LogP contribution < -0.4 is 10.6 Å². The highest BCUT2D eigenvalue weighted by molar-refractivity contribution is 5.87. The lowest BCUT2D eigenvalue weighted by Crippen LogP contribution is -2.58. The number of carbonyl (C=O) groups is 2. The molecule has 0 saturated carbocycles. The Kier molecular flexibility index (Phi) is 5.19. The molecular weight excluding hydrogens is 278 g/mol. The summed E-state index contributed by atoms with van der Waals surface area (Å²) in [4.78, 5) is 26.6. The van der Waals surface area contributed by atoms with Gasteiger partial charge in [-0.05, 0) is 32.3 Å². The van der Waals surface area contributed by atoms with Crippen molar-refractivity contribution >= 4 is 11.8 Å². The first-order chi connectivity index (χ1) is 10.5. The molecule has 1 aromatic rings. The third kappa shape index (κ3) is 3.47. The standard InChI is InChI=1S/C17H25N3O2/c1-17(2,16(22)18-3)20-11-7-10-14(20)15(21)19-12-13-8-5-4-6-9-13/h4-6,8-9,14H,7,10-12H2,1-3H3,(H,18,22)(H,19,21)/t14-/m0/s1. The van der Waals surface area contributed by atoms with Crippen LogP contribution >= 0.6 is 0 Å². The van der Waals surface area contributed by atoms with Gasteiger partial charge in [0, 0.05) is 20.1 Å². The van der Waals surface area contributed by atoms with Gasteiger partial charge in [0.2, 0.25) is 11.8 Å². The molecule has 0 bridgehead atoms. The molecule has 2 N–H and O–H groups in total. The summed E-state index contributed by atoms with van der Waals surface area (Å²) in [6.45, 7) is 5.03. The van der Waals surface area contributed by atoms with Crippen molar-refractivity contribution in [3.8, 4) is 0 Å². The van der Waals surface area contributed by atoms with E-state index in [1.807, 2.05) is 49.1 Å². The van der Waals surface area contributed by atoms with Crippen LogP contribution in [0, 0.1) is 0 Å². The Labute approximate surface area is 132 Å². The Morgan fingerprint density at radius 3 is 2.59 bits per heavy atom. The van der Waals surface area contributed by atoms with Gasteiger partial charge in [0.15, 0.2) is 0 Å². The second-order valence-electron chi connectivity index (χ2n) is 6.19. The lowest BCUT2D eigenvalue weighted by atomic mass is 10.00. The predicted molar refractivity (Wildman–Crippen MR) is 86.2 cm³/mol. The van der Waals surface area contributed by atoms with Crippen LogP contribution in [0.5, 0.6) is 0 Å². The van der Waals surface area contributed by atoms with E-state index in [1.165, 1.54) is 0 Å². The zero-order chi connectivity index (χ0) is 16.2. The summed E-state index contributed by atoms with van der Waals surface area (Å²) in [6, 6.07) is 9.60. The Bertz CT molecular complexity index is 528. The molecule has 0 aromatic heterocycles. The van der Waals surface area contributed by atoms with Crippen LogP contribution in [0.2, 0.25) is 0 Å². The maximum absolute atomic E-state index is 12.5. The monoisotopic (exact) mass is 303 g/mol. The molecule has 22 heavy (non-hydrogen) atoms. The number of amides is 2. The molecule has 120 valence electrons. The number of hydrogen-bond donors (Lipinski definition) is 2. The molecule has 0 radical (unpaired) electrons. The third-order valence-corrected chi connectivity index (χ3v) is 4.37. The van der Waals surface area contributed by atoms with Crippen LogP contribution in [-0.4, -0.2) is 41.9 Å². The quantitative estimate of drug-likeness (QED) is 0.862. The zero-order valence-corrected chi connectivity index (χ0v) is 13.6. The molecule has 5 heteroatoms. The largest absolute Gasteiger partial charge is 0.358 e. The fourth-order valence-electron chi connectivity index (χ4n) is 3.05. The molecule has 1 fully saturated rings. The Balaban J connectivity index is 2.01. The van der Waals surface area contributed by atoms with Gasteiger partial charge in [-0.2, -0.15) is 0 Å². The predicted octanol–water partition coefficient (Wildman–Crippen LogP) is 1.29. The summed E-state index contributed by atoms with van der Waals surface area (Å²) in [5.74, 6) is -0.0615. The number of likely N-dealkylation sites (N-methyl/N-ethyl adjacent to an activating group) is 1. The number of nitrogens with one attached hydrogen (secondary N) is 2. The summed E-state index contributed by atoms with van der Waals surface area (Å²) in [6.07, 6.45) is 1.73. The molecule has 0 spiro atoms. The molecule has 2 rings (SSSR count). The van der Waals surface area contributed by atoms with Crippen LogP contribution in [0.25, 0.3) is 0 Å². The Morgan fingerprint density at radius 1 is 1.27 bits per heavy atom. The molecule has 2 amide bonds. The Morgan fingerprint density at radius 2 is 1.95 bits per heavy atom. The van der Waals surface area contributed by atoms with Crippen molar-refractivity contribution in [2.24, 2.45) is 0 Å². The highest BCUT2D eigenvalue weighted by atomic mass is 16.2. The van der Waals surface area contributed by atoms with E-state index < -0.39 is 5.54 Å². The minimum atomic E-state index is -0.681. The van der Waals surface area contributed by atoms with Gasteiger partial charge in [0.1, 0.15) is 0 Å². The van der Waals surface area contributed by atoms with Gasteiger partial charge in [-0.3, -0.25) is 14.5 Å². The van der Waals surface area contributed by atoms with Gasteiger partial charge >= 0.3 is 0 Å². The van der Waals surface area contributed by atoms with E-state index in [1.54, 1.807) is 7.05 Å². The zero-order valence-electron chi connectivity index (χ0n) is 13.6. The van der Waals surface area contributed by atoms with E-state index in [-0.39, 0.29) is 17.9 Å². The van der Waals surface area contributed by atoms with Crippen molar-refractivity contribution in [1.82, 2.24) is 15.5 Å². The number of rotatable bonds is 5. The molecule has 5 nitrogen and oxygen atoms in total. The number of likely N-dealkylation sites (tertiary alicyclic amines) is 1. The topological polar surface area (TPSA) is 61.4 Å². The second-order valence-corrected chi connectivity index (χ2v) is 6.19. The van der Waals surface area contributed by atoms with Crippen LogP contribution in [-0.2, 0) is 16.1 Å². The molecule has 0 unspecified atom stereocenters. The van der Waals surface area contributed by atoms with Crippen molar-refractivity contribution < 1.29 is 9.59 Å². The smallest absolute Gasteiger partial charge is 0.239 e. The second kappa shape index (κ2) is 6.92. The number of nitrogens with zero attached hydrogens (tertiary/aromatic N) is 1. The van der Waals surface area contributed by atoms with E-state index >= 15 is 0 Å². The van der Waals surface area contributed by atoms with Crippen molar-refractivity contribution in [2.45, 2.75) is 44.8 Å². The van der Waals surface area contributed by atoms with Gasteiger partial charge in [-0.15, -0.1) is 0 Å². The molecule has 1 aliphatic rings. The number of hydrogen-bond acceptors (Lipinski definition) is 3. The van der Waals surface area contributed by atoms with Gasteiger partial charge < -0.3 is 10.6 Å². The first-order valence-electron chi connectivity index (χ1n) is 7.77. The van der Waals surface area contributed by atoms with Crippen LogP contribution in [0.1, 0.15) is 32.3 Å². The molecular formula is C17H25N3O2. The summed E-state index contributed by atoms with van der Waals surface area (Å²) in [5, 5.41) is 5.67. The van der Waals surface area contributed by atoms with E-state index in [2.05, 4.69) is 10.6 Å². The van der Waals surface area contributed by atoms with Crippen LogP contribution in [0.15, 0.2) is 30.3 Å². The van der Waals surface area contributed by atoms with Crippen LogP contribution in [0.3, 0.4) is 0 Å². The lowest BCUT2D eigenvalue weighted by Gasteiger charge is -2.37. The van der Waals surface area contributed by atoms with Crippen molar-refractivity contribution in [1.29, 1.82) is 0 Å². The van der Waals surface area contributed by atoms with E-state index in [0.29, 0.717) is 6.54 Å². The average molecular weight is 303 g/mol. The fraction of sp³-hybridized carbons (Fsp3) is 0.529. The third-order valence-electron chi connectivity index (χ3n) is 4.37. The van der Waals surface area contributed by atoms with Crippen molar-refractivity contribution in [3.05, 3.63) is 35.9 Å². The minimum Gasteiger partial charge on any atom is -0.358 e. The molecule has 1 atom stereocenters. The molecule has 1 saturated heterocycles. The molecule has 1 aromatic carbocycles. The summed E-state index contributed by atoms with van der Waals surface area (Å²) >= 11 is 0. The number of benzene rings is 1. The summed E-state index contributed by atoms with van der Waals surface area (Å²) in [7, 11) is 1.63. The maximum Gasteiger partial charge on any atom is 0.239 e. The normalized spacial score (nSPS) is 19.0. The first kappa shape index (κ1) is 16.5. The average Bonchev–Trinajstić information content (AvgIpc) is 3.03. The van der Waals surface area contributed by atoms with Crippen molar-refractivity contribution in [3.63, 3.8) is 0 Å². The van der Waals surface area contributed by atoms with Gasteiger partial charge in [0.25, 0.3) is 0 Å². The highest BCUT2D eigenvalue weighted by Crippen LogP contribution is 2.27. The fourth-order valence-corrected chi connectivity index (χ4v) is 3.05. The van der Waals surface area contributed by atoms with Crippen molar-refractivity contribution in [2.75, 3.05) is 13.6 Å². The van der Waals surface area contributed by atoms with Gasteiger partial charge in [-0.1, -0.05) is 30.3 Å². The number of carbonyl (C=O) groups excluding carboxylic acids is 2. The SMILES string of the molecule is CNC(=O)C(C)(C)N1CCC[C@H]1C(=O)NCc1ccccc1. The van der Waals surface area contributed by atoms with E-state index in [9.17, 15) is 9.59 Å². The first-order valence-corrected chi connectivity index (χ1v) is 7.77. The minimum absolute atomic E-state index is 0.00155. The Hall–Kier alpha value is -1.88. The summed E-state index contributed by atoms with van der Waals surface area (Å²) in [5.41, 5.74) is 0.394. The van der Waals surface area contributed by atoms with E-state index in [0.717, 1.165) is 24.9 Å². The lowest BCUT2D eigenvalue weighted by molar-refractivity contribution is -0.136. The molecule has 1 heterocycles. The van der Waals surface area contributed by atoms with Gasteiger partial charge in [0.05, 0.1) is 11.6 Å². The maximum atomic E-state index is 12.5. The van der Waals surface area contributed by atoms with Gasteiger partial charge in [-0.25, -0.2) is 0 Å². The molecule has 0 aliphatic carbocycles.